The second-order valence-corrected chi connectivity index (χ2v) is 9.00. The van der Waals surface area contributed by atoms with Crippen LogP contribution in [0.3, 0.4) is 0 Å². The van der Waals surface area contributed by atoms with E-state index >= 15 is 0 Å². The lowest BCUT2D eigenvalue weighted by Gasteiger charge is -2.15. The maximum absolute atomic E-state index is 12.2. The van der Waals surface area contributed by atoms with Gasteiger partial charge in [0.05, 0.1) is 6.54 Å². The molecule has 9 heteroatoms. The Balaban J connectivity index is 1.16. The van der Waals surface area contributed by atoms with E-state index in [1.807, 2.05) is 36.4 Å². The SMILES string of the molecule is O=C(O)CC1CCC(NC(=O)CNC(=O)CNC(=O)OCC2c3ccccc3-c3ccccc32)C1. The molecule has 35 heavy (non-hydrogen) atoms. The molecule has 0 heterocycles. The van der Waals surface area contributed by atoms with E-state index < -0.39 is 18.0 Å². The van der Waals surface area contributed by atoms with Gasteiger partial charge in [0.2, 0.25) is 11.8 Å². The summed E-state index contributed by atoms with van der Waals surface area (Å²) < 4.78 is 5.39. The van der Waals surface area contributed by atoms with Gasteiger partial charge in [0, 0.05) is 18.4 Å². The van der Waals surface area contributed by atoms with E-state index in [2.05, 4.69) is 28.1 Å². The average Bonchev–Trinajstić information content (AvgIpc) is 3.41. The summed E-state index contributed by atoms with van der Waals surface area (Å²) in [5.41, 5.74) is 4.46. The maximum atomic E-state index is 12.2. The lowest BCUT2D eigenvalue weighted by Crippen LogP contribution is -2.44. The maximum Gasteiger partial charge on any atom is 0.407 e. The lowest BCUT2D eigenvalue weighted by molar-refractivity contribution is -0.138. The van der Waals surface area contributed by atoms with Crippen molar-refractivity contribution in [1.82, 2.24) is 16.0 Å². The van der Waals surface area contributed by atoms with Crippen molar-refractivity contribution < 1.29 is 29.0 Å². The number of fused-ring (bicyclic) bond motifs is 3. The van der Waals surface area contributed by atoms with Gasteiger partial charge in [-0.15, -0.1) is 0 Å². The molecule has 1 fully saturated rings. The minimum atomic E-state index is -0.835. The van der Waals surface area contributed by atoms with Crippen molar-refractivity contribution in [3.63, 3.8) is 0 Å². The molecule has 2 aliphatic carbocycles. The van der Waals surface area contributed by atoms with Crippen LogP contribution in [0.2, 0.25) is 0 Å². The molecule has 0 bridgehead atoms. The summed E-state index contributed by atoms with van der Waals surface area (Å²) in [6.45, 7) is -0.381. The van der Waals surface area contributed by atoms with Crippen LogP contribution in [-0.4, -0.2) is 54.7 Å². The second-order valence-electron chi connectivity index (χ2n) is 9.00. The summed E-state index contributed by atoms with van der Waals surface area (Å²) in [6, 6.07) is 15.9. The molecule has 9 nitrogen and oxygen atoms in total. The third-order valence-corrected chi connectivity index (χ3v) is 6.55. The number of aliphatic carboxylic acids is 1. The Bertz CT molecular complexity index is 1070. The molecule has 0 saturated heterocycles. The van der Waals surface area contributed by atoms with E-state index in [4.69, 9.17) is 9.84 Å². The van der Waals surface area contributed by atoms with Crippen LogP contribution in [0, 0.1) is 5.92 Å². The Labute approximate surface area is 203 Å². The second kappa shape index (κ2) is 11.0. The predicted molar refractivity (Wildman–Crippen MR) is 128 cm³/mol. The first kappa shape index (κ1) is 24.3. The van der Waals surface area contributed by atoms with Crippen molar-refractivity contribution in [3.8, 4) is 11.1 Å². The van der Waals surface area contributed by atoms with Gasteiger partial charge in [0.25, 0.3) is 0 Å². The Kier molecular flexibility index (Phi) is 7.64. The molecule has 2 aromatic rings. The monoisotopic (exact) mass is 479 g/mol. The van der Waals surface area contributed by atoms with Crippen LogP contribution < -0.4 is 16.0 Å². The first-order chi connectivity index (χ1) is 16.9. The highest BCUT2D eigenvalue weighted by Crippen LogP contribution is 2.44. The first-order valence-corrected chi connectivity index (χ1v) is 11.8. The standard InChI is InChI=1S/C26H29N3O6/c30-23(27-14-24(31)29-17-10-9-16(11-17)12-25(32)33)13-28-26(34)35-15-22-20-7-3-1-5-18(20)19-6-2-4-8-21(19)22/h1-8,16-17,22H,9-15H2,(H,27,30)(H,28,34)(H,29,31)(H,32,33). The molecule has 184 valence electrons. The number of benzene rings is 2. The third-order valence-electron chi connectivity index (χ3n) is 6.55. The molecule has 3 amide bonds. The van der Waals surface area contributed by atoms with Crippen molar-refractivity contribution >= 4 is 23.9 Å². The molecule has 2 aliphatic rings. The van der Waals surface area contributed by atoms with Crippen LogP contribution in [-0.2, 0) is 19.1 Å². The summed E-state index contributed by atoms with van der Waals surface area (Å²) in [4.78, 5) is 47.1. The Morgan fingerprint density at radius 2 is 1.49 bits per heavy atom. The fraction of sp³-hybridized carbons (Fsp3) is 0.385. The molecule has 1 saturated carbocycles. The largest absolute Gasteiger partial charge is 0.481 e. The van der Waals surface area contributed by atoms with E-state index in [1.54, 1.807) is 0 Å². The summed E-state index contributed by atoms with van der Waals surface area (Å²) in [5, 5.41) is 16.6. The molecule has 4 N–H and O–H groups in total. The molecule has 4 rings (SSSR count). The molecule has 0 radical (unpaired) electrons. The molecule has 2 atom stereocenters. The van der Waals surface area contributed by atoms with Crippen molar-refractivity contribution in [1.29, 1.82) is 0 Å². The number of ether oxygens (including phenoxy) is 1. The van der Waals surface area contributed by atoms with E-state index in [-0.39, 0.29) is 49.9 Å². The first-order valence-electron chi connectivity index (χ1n) is 11.8. The number of hydrogen-bond donors (Lipinski definition) is 4. The predicted octanol–water partition coefficient (Wildman–Crippen LogP) is 2.40. The molecular weight excluding hydrogens is 450 g/mol. The zero-order valence-electron chi connectivity index (χ0n) is 19.3. The zero-order valence-corrected chi connectivity index (χ0v) is 19.3. The number of rotatable bonds is 9. The van der Waals surface area contributed by atoms with Crippen molar-refractivity contribution in [2.75, 3.05) is 19.7 Å². The van der Waals surface area contributed by atoms with E-state index in [0.29, 0.717) is 6.42 Å². The number of carbonyl (C=O) groups is 4. The number of alkyl carbamates (subject to hydrolysis) is 1. The van der Waals surface area contributed by atoms with Crippen LogP contribution in [0.5, 0.6) is 0 Å². The minimum Gasteiger partial charge on any atom is -0.481 e. The zero-order chi connectivity index (χ0) is 24.8. The van der Waals surface area contributed by atoms with Crippen LogP contribution >= 0.6 is 0 Å². The van der Waals surface area contributed by atoms with E-state index in [1.165, 1.54) is 0 Å². The van der Waals surface area contributed by atoms with Crippen molar-refractivity contribution in [2.24, 2.45) is 5.92 Å². The van der Waals surface area contributed by atoms with Gasteiger partial charge in [-0.2, -0.15) is 0 Å². The van der Waals surface area contributed by atoms with Gasteiger partial charge in [0.15, 0.2) is 0 Å². The summed E-state index contributed by atoms with van der Waals surface area (Å²) in [7, 11) is 0. The molecule has 0 aromatic heterocycles. The van der Waals surface area contributed by atoms with E-state index in [9.17, 15) is 19.2 Å². The van der Waals surface area contributed by atoms with Crippen LogP contribution in [0.4, 0.5) is 4.79 Å². The number of carboxylic acid groups (broad SMARTS) is 1. The van der Waals surface area contributed by atoms with Crippen LogP contribution in [0.15, 0.2) is 48.5 Å². The Morgan fingerprint density at radius 3 is 2.14 bits per heavy atom. The van der Waals surface area contributed by atoms with Crippen molar-refractivity contribution in [2.45, 2.75) is 37.6 Å². The highest BCUT2D eigenvalue weighted by atomic mass is 16.5. The van der Waals surface area contributed by atoms with Gasteiger partial charge in [-0.3, -0.25) is 14.4 Å². The van der Waals surface area contributed by atoms with Crippen LogP contribution in [0.1, 0.15) is 42.7 Å². The van der Waals surface area contributed by atoms with Crippen LogP contribution in [0.25, 0.3) is 11.1 Å². The summed E-state index contributed by atoms with van der Waals surface area (Å²) in [5.74, 6) is -1.70. The number of amides is 3. The van der Waals surface area contributed by atoms with Gasteiger partial charge < -0.3 is 25.8 Å². The summed E-state index contributed by atoms with van der Waals surface area (Å²) >= 11 is 0. The number of nitrogens with one attached hydrogen (secondary N) is 3. The molecule has 2 unspecified atom stereocenters. The fourth-order valence-electron chi connectivity index (χ4n) is 4.96. The minimum absolute atomic E-state index is 0.0637. The average molecular weight is 480 g/mol. The number of carbonyl (C=O) groups excluding carboxylic acids is 3. The Hall–Kier alpha value is -3.88. The number of hydrogen-bond acceptors (Lipinski definition) is 5. The van der Waals surface area contributed by atoms with Gasteiger partial charge in [-0.1, -0.05) is 48.5 Å². The van der Waals surface area contributed by atoms with Gasteiger partial charge in [-0.25, -0.2) is 4.79 Å². The van der Waals surface area contributed by atoms with E-state index in [0.717, 1.165) is 35.1 Å². The highest BCUT2D eigenvalue weighted by molar-refractivity contribution is 5.87. The molecule has 0 aliphatic heterocycles. The van der Waals surface area contributed by atoms with Gasteiger partial charge >= 0.3 is 12.1 Å². The number of carboxylic acids is 1. The normalized spacial score (nSPS) is 18.3. The van der Waals surface area contributed by atoms with Gasteiger partial charge in [0.1, 0.15) is 13.2 Å². The third kappa shape index (κ3) is 6.17. The quantitative estimate of drug-likeness (QED) is 0.436. The molecule has 2 aromatic carbocycles. The Morgan fingerprint density at radius 1 is 0.857 bits per heavy atom. The summed E-state index contributed by atoms with van der Waals surface area (Å²) in [6.07, 6.45) is 1.50. The smallest absolute Gasteiger partial charge is 0.407 e. The van der Waals surface area contributed by atoms with Gasteiger partial charge in [-0.05, 0) is 47.4 Å². The topological polar surface area (TPSA) is 134 Å². The molecular formula is C26H29N3O6. The fourth-order valence-corrected chi connectivity index (χ4v) is 4.96. The van der Waals surface area contributed by atoms with Crippen molar-refractivity contribution in [3.05, 3.63) is 59.7 Å². The molecule has 0 spiro atoms. The highest BCUT2D eigenvalue weighted by Gasteiger charge is 2.29. The lowest BCUT2D eigenvalue weighted by atomic mass is 9.98.